The van der Waals surface area contributed by atoms with Crippen LogP contribution in [0, 0.1) is 0 Å². The molecule has 0 N–H and O–H groups in total. The minimum absolute atomic E-state index is 0.598. The molecule has 11 heavy (non-hydrogen) atoms. The molecule has 1 aliphatic heterocycles. The zero-order valence-electron chi connectivity index (χ0n) is 7.33. The van der Waals surface area contributed by atoms with Crippen LogP contribution >= 0.6 is 0 Å². The van der Waals surface area contributed by atoms with Gasteiger partial charge in [-0.05, 0) is 13.8 Å². The van der Waals surface area contributed by atoms with Crippen molar-refractivity contribution in [2.24, 2.45) is 0 Å². The molecule has 1 heterocycles. The molecule has 2 nitrogen and oxygen atoms in total. The van der Waals surface area contributed by atoms with Crippen molar-refractivity contribution in [1.82, 2.24) is 9.80 Å². The molecule has 0 radical (unpaired) electrons. The van der Waals surface area contributed by atoms with Gasteiger partial charge in [-0.2, -0.15) is 0 Å². The van der Waals surface area contributed by atoms with Gasteiger partial charge in [-0.15, -0.1) is 6.58 Å². The summed E-state index contributed by atoms with van der Waals surface area (Å²) in [6, 6.07) is 0.598. The Morgan fingerprint density at radius 2 is 2.27 bits per heavy atom. The van der Waals surface area contributed by atoms with Crippen molar-refractivity contribution >= 4 is 0 Å². The molecule has 0 unspecified atom stereocenters. The van der Waals surface area contributed by atoms with Gasteiger partial charge < -0.3 is 9.80 Å². The number of hydrogen-bond donors (Lipinski definition) is 0. The third-order valence-corrected chi connectivity index (χ3v) is 1.84. The van der Waals surface area contributed by atoms with Crippen LogP contribution in [0.4, 0.5) is 0 Å². The quantitative estimate of drug-likeness (QED) is 0.567. The van der Waals surface area contributed by atoms with Crippen molar-refractivity contribution in [3.8, 4) is 0 Å². The third kappa shape index (κ3) is 2.00. The zero-order valence-corrected chi connectivity index (χ0v) is 7.33. The predicted molar refractivity (Wildman–Crippen MR) is 47.9 cm³/mol. The fraction of sp³-hybridized carbons (Fsp3) is 0.556. The molecule has 0 aromatic carbocycles. The average Bonchev–Trinajstić information content (AvgIpc) is 2.37. The summed E-state index contributed by atoms with van der Waals surface area (Å²) in [7, 11) is 0. The zero-order chi connectivity index (χ0) is 8.27. The minimum atomic E-state index is 0.598. The van der Waals surface area contributed by atoms with Gasteiger partial charge in [0.15, 0.2) is 0 Å². The summed E-state index contributed by atoms with van der Waals surface area (Å²) in [6.07, 6.45) is 6.17. The van der Waals surface area contributed by atoms with Gasteiger partial charge in [-0.3, -0.25) is 0 Å². The van der Waals surface area contributed by atoms with Crippen molar-refractivity contribution < 1.29 is 0 Å². The first-order valence-electron chi connectivity index (χ1n) is 4.03. The molecule has 0 saturated carbocycles. The maximum atomic E-state index is 3.70. The molecular formula is C9H16N2. The number of nitrogens with zero attached hydrogens (tertiary/aromatic N) is 2. The summed E-state index contributed by atoms with van der Waals surface area (Å²) in [4.78, 5) is 4.52. The SMILES string of the molecule is C=CCN1C=CN(C(C)C)C1. The molecule has 0 bridgehead atoms. The molecule has 0 fully saturated rings. The standard InChI is InChI=1S/C9H16N2/c1-4-5-10-6-7-11(8-10)9(2)3/h4,6-7,9H,1,5,8H2,2-3H3. The summed E-state index contributed by atoms with van der Waals surface area (Å²) in [5.41, 5.74) is 0. The van der Waals surface area contributed by atoms with Crippen molar-refractivity contribution in [2.75, 3.05) is 13.2 Å². The summed E-state index contributed by atoms with van der Waals surface area (Å²) >= 11 is 0. The van der Waals surface area contributed by atoms with Crippen LogP contribution in [-0.2, 0) is 0 Å². The lowest BCUT2D eigenvalue weighted by atomic mass is 10.4. The first-order valence-corrected chi connectivity index (χ1v) is 4.03. The first-order chi connectivity index (χ1) is 5.24. The average molecular weight is 152 g/mol. The highest BCUT2D eigenvalue weighted by Gasteiger charge is 2.12. The van der Waals surface area contributed by atoms with Crippen molar-refractivity contribution in [1.29, 1.82) is 0 Å². The molecule has 0 amide bonds. The lowest BCUT2D eigenvalue weighted by Gasteiger charge is -2.23. The van der Waals surface area contributed by atoms with E-state index in [4.69, 9.17) is 0 Å². The van der Waals surface area contributed by atoms with E-state index in [-0.39, 0.29) is 0 Å². The van der Waals surface area contributed by atoms with Gasteiger partial charge >= 0.3 is 0 Å². The van der Waals surface area contributed by atoms with Gasteiger partial charge in [0.1, 0.15) is 0 Å². The molecule has 0 aromatic rings. The minimum Gasteiger partial charge on any atom is -0.356 e. The van der Waals surface area contributed by atoms with Gasteiger partial charge in [-0.25, -0.2) is 0 Å². The van der Waals surface area contributed by atoms with E-state index in [0.29, 0.717) is 6.04 Å². The van der Waals surface area contributed by atoms with E-state index >= 15 is 0 Å². The van der Waals surface area contributed by atoms with Crippen LogP contribution in [0.1, 0.15) is 13.8 Å². The molecule has 0 atom stereocenters. The third-order valence-electron chi connectivity index (χ3n) is 1.84. The Balaban J connectivity index is 2.36. The number of rotatable bonds is 3. The lowest BCUT2D eigenvalue weighted by Crippen LogP contribution is -2.30. The van der Waals surface area contributed by atoms with Crippen LogP contribution in [0.15, 0.2) is 25.1 Å². The summed E-state index contributed by atoms with van der Waals surface area (Å²) in [5, 5.41) is 0. The van der Waals surface area contributed by atoms with Crippen molar-refractivity contribution in [3.63, 3.8) is 0 Å². The van der Waals surface area contributed by atoms with Gasteiger partial charge in [-0.1, -0.05) is 6.08 Å². The summed E-state index contributed by atoms with van der Waals surface area (Å²) in [5.74, 6) is 0. The second kappa shape index (κ2) is 3.46. The van der Waals surface area contributed by atoms with E-state index in [1.807, 2.05) is 6.08 Å². The van der Waals surface area contributed by atoms with Gasteiger partial charge in [0.05, 0.1) is 6.67 Å². The second-order valence-corrected chi connectivity index (χ2v) is 3.11. The Hall–Kier alpha value is -0.920. The Bertz CT molecular complexity index is 161. The molecule has 0 spiro atoms. The Labute approximate surface area is 68.8 Å². The highest BCUT2D eigenvalue weighted by atomic mass is 15.3. The van der Waals surface area contributed by atoms with Crippen LogP contribution in [0.5, 0.6) is 0 Å². The monoisotopic (exact) mass is 152 g/mol. The topological polar surface area (TPSA) is 6.48 Å². The lowest BCUT2D eigenvalue weighted by molar-refractivity contribution is 0.242. The predicted octanol–water partition coefficient (Wildman–Crippen LogP) is 1.63. The van der Waals surface area contributed by atoms with Crippen LogP contribution in [0.3, 0.4) is 0 Å². The van der Waals surface area contributed by atoms with E-state index in [1.54, 1.807) is 0 Å². The van der Waals surface area contributed by atoms with Crippen LogP contribution in [-0.4, -0.2) is 29.1 Å². The maximum absolute atomic E-state index is 3.70. The van der Waals surface area contributed by atoms with Crippen LogP contribution in [0.25, 0.3) is 0 Å². The maximum Gasteiger partial charge on any atom is 0.0899 e. The fourth-order valence-electron chi connectivity index (χ4n) is 1.10. The van der Waals surface area contributed by atoms with Crippen LogP contribution in [0.2, 0.25) is 0 Å². The molecule has 2 heteroatoms. The Morgan fingerprint density at radius 3 is 2.73 bits per heavy atom. The molecule has 1 aliphatic rings. The largest absolute Gasteiger partial charge is 0.356 e. The highest BCUT2D eigenvalue weighted by molar-refractivity contribution is 4.94. The van der Waals surface area contributed by atoms with E-state index in [1.165, 1.54) is 0 Å². The molecule has 0 saturated heterocycles. The van der Waals surface area contributed by atoms with Crippen LogP contribution < -0.4 is 0 Å². The highest BCUT2D eigenvalue weighted by Crippen LogP contribution is 2.09. The van der Waals surface area contributed by atoms with Gasteiger partial charge in [0.25, 0.3) is 0 Å². The molecule has 1 rings (SSSR count). The molecule has 62 valence electrons. The van der Waals surface area contributed by atoms with E-state index in [2.05, 4.69) is 42.6 Å². The van der Waals surface area contributed by atoms with Gasteiger partial charge in [0, 0.05) is 25.0 Å². The summed E-state index contributed by atoms with van der Waals surface area (Å²) in [6.45, 7) is 10.0. The van der Waals surface area contributed by atoms with Gasteiger partial charge in [0.2, 0.25) is 0 Å². The Kier molecular flexibility index (Phi) is 2.58. The number of hydrogen-bond acceptors (Lipinski definition) is 2. The smallest absolute Gasteiger partial charge is 0.0899 e. The summed E-state index contributed by atoms with van der Waals surface area (Å²) < 4.78 is 0. The first kappa shape index (κ1) is 8.18. The molecule has 0 aromatic heterocycles. The molecule has 0 aliphatic carbocycles. The fourth-order valence-corrected chi connectivity index (χ4v) is 1.10. The molecular weight excluding hydrogens is 136 g/mol. The van der Waals surface area contributed by atoms with Crippen molar-refractivity contribution in [3.05, 3.63) is 25.1 Å². The van der Waals surface area contributed by atoms with E-state index < -0.39 is 0 Å². The van der Waals surface area contributed by atoms with E-state index in [0.717, 1.165) is 13.2 Å². The van der Waals surface area contributed by atoms with Crippen molar-refractivity contribution in [2.45, 2.75) is 19.9 Å². The second-order valence-electron chi connectivity index (χ2n) is 3.11. The van der Waals surface area contributed by atoms with E-state index in [9.17, 15) is 0 Å². The Morgan fingerprint density at radius 1 is 1.55 bits per heavy atom. The normalized spacial score (nSPS) is 16.6.